The Morgan fingerprint density at radius 3 is 2.52 bits per heavy atom. The third-order valence-electron chi connectivity index (χ3n) is 2.79. The van der Waals surface area contributed by atoms with Crippen LogP contribution < -0.4 is 10.1 Å². The molecule has 1 N–H and O–H groups in total. The Kier molecular flexibility index (Phi) is 5.79. The van der Waals surface area contributed by atoms with Crippen LogP contribution in [0, 0.1) is 5.82 Å². The Labute approximate surface area is 141 Å². The standard InChI is InChI=1S/C16H16Br2FNO/c1-10(2)20-9-11-3-4-12(17)7-16(11)21-15-6-13(18)5-14(19)8-15/h3-8,10,20H,9H2,1-2H3. The molecule has 0 heterocycles. The second-order valence-corrected chi connectivity index (χ2v) is 6.83. The molecule has 0 fully saturated rings. The summed E-state index contributed by atoms with van der Waals surface area (Å²) in [5, 5.41) is 3.35. The highest BCUT2D eigenvalue weighted by Gasteiger charge is 2.08. The van der Waals surface area contributed by atoms with Crippen molar-refractivity contribution in [3.05, 3.63) is 56.7 Å². The first-order chi connectivity index (χ1) is 9.94. The summed E-state index contributed by atoms with van der Waals surface area (Å²) < 4.78 is 20.8. The van der Waals surface area contributed by atoms with Gasteiger partial charge in [-0.3, -0.25) is 0 Å². The van der Waals surface area contributed by atoms with Gasteiger partial charge in [0.05, 0.1) is 0 Å². The fourth-order valence-electron chi connectivity index (χ4n) is 1.80. The molecule has 0 aromatic heterocycles. The maximum atomic E-state index is 13.4. The molecule has 0 atom stereocenters. The van der Waals surface area contributed by atoms with Crippen molar-refractivity contribution in [3.8, 4) is 11.5 Å². The van der Waals surface area contributed by atoms with Crippen LogP contribution >= 0.6 is 31.9 Å². The first-order valence-electron chi connectivity index (χ1n) is 6.60. The normalized spacial score (nSPS) is 11.0. The van der Waals surface area contributed by atoms with Crippen LogP contribution in [0.1, 0.15) is 19.4 Å². The van der Waals surface area contributed by atoms with Crippen molar-refractivity contribution in [3.63, 3.8) is 0 Å². The fraction of sp³-hybridized carbons (Fsp3) is 0.250. The lowest BCUT2D eigenvalue weighted by molar-refractivity contribution is 0.464. The average molecular weight is 417 g/mol. The molecule has 21 heavy (non-hydrogen) atoms. The van der Waals surface area contributed by atoms with Gasteiger partial charge in [-0.15, -0.1) is 0 Å². The summed E-state index contributed by atoms with van der Waals surface area (Å²) in [6.07, 6.45) is 0. The number of nitrogens with one attached hydrogen (secondary N) is 1. The fourth-order valence-corrected chi connectivity index (χ4v) is 2.58. The minimum atomic E-state index is -0.337. The van der Waals surface area contributed by atoms with Crippen molar-refractivity contribution in [1.82, 2.24) is 5.32 Å². The van der Waals surface area contributed by atoms with Gasteiger partial charge >= 0.3 is 0 Å². The zero-order chi connectivity index (χ0) is 15.4. The van der Waals surface area contributed by atoms with Gasteiger partial charge in [0.25, 0.3) is 0 Å². The minimum absolute atomic E-state index is 0.337. The highest BCUT2D eigenvalue weighted by molar-refractivity contribution is 9.10. The predicted molar refractivity (Wildman–Crippen MR) is 90.3 cm³/mol. The van der Waals surface area contributed by atoms with E-state index in [1.165, 1.54) is 12.1 Å². The Hall–Kier alpha value is -0.910. The molecule has 0 saturated carbocycles. The maximum Gasteiger partial charge on any atom is 0.133 e. The number of hydrogen-bond acceptors (Lipinski definition) is 2. The lowest BCUT2D eigenvalue weighted by Crippen LogP contribution is -2.22. The quantitative estimate of drug-likeness (QED) is 0.680. The molecular formula is C16H16Br2FNO. The van der Waals surface area contributed by atoms with E-state index in [-0.39, 0.29) is 5.82 Å². The Bertz CT molecular complexity index is 611. The second kappa shape index (κ2) is 7.38. The molecule has 2 aromatic rings. The zero-order valence-electron chi connectivity index (χ0n) is 11.8. The molecule has 112 valence electrons. The molecule has 0 aliphatic heterocycles. The van der Waals surface area contributed by atoms with Crippen LogP contribution in [-0.2, 0) is 6.54 Å². The van der Waals surface area contributed by atoms with Crippen molar-refractivity contribution in [2.45, 2.75) is 26.4 Å². The van der Waals surface area contributed by atoms with Gasteiger partial charge in [-0.2, -0.15) is 0 Å². The van der Waals surface area contributed by atoms with Gasteiger partial charge in [0.2, 0.25) is 0 Å². The number of hydrogen-bond donors (Lipinski definition) is 1. The van der Waals surface area contributed by atoms with Crippen molar-refractivity contribution < 1.29 is 9.13 Å². The van der Waals surface area contributed by atoms with Crippen LogP contribution in [0.15, 0.2) is 45.3 Å². The summed E-state index contributed by atoms with van der Waals surface area (Å²) in [5.74, 6) is 0.831. The molecule has 2 rings (SSSR count). The monoisotopic (exact) mass is 415 g/mol. The minimum Gasteiger partial charge on any atom is -0.457 e. The number of ether oxygens (including phenoxy) is 1. The highest BCUT2D eigenvalue weighted by Crippen LogP contribution is 2.30. The molecule has 0 aliphatic rings. The van der Waals surface area contributed by atoms with Crippen LogP contribution in [0.3, 0.4) is 0 Å². The first kappa shape index (κ1) is 16.5. The predicted octanol–water partition coefficient (Wildman–Crippen LogP) is 5.64. The molecule has 0 amide bonds. The van der Waals surface area contributed by atoms with E-state index in [2.05, 4.69) is 51.0 Å². The lowest BCUT2D eigenvalue weighted by Gasteiger charge is -2.14. The summed E-state index contributed by atoms with van der Waals surface area (Å²) in [5.41, 5.74) is 1.02. The molecule has 0 bridgehead atoms. The van der Waals surface area contributed by atoms with Gasteiger partial charge in [-0.1, -0.05) is 51.8 Å². The third kappa shape index (κ3) is 5.09. The van der Waals surface area contributed by atoms with E-state index < -0.39 is 0 Å². The van der Waals surface area contributed by atoms with Gasteiger partial charge < -0.3 is 10.1 Å². The van der Waals surface area contributed by atoms with Gasteiger partial charge in [0.15, 0.2) is 0 Å². The number of halogens is 3. The van der Waals surface area contributed by atoms with Crippen LogP contribution in [0.4, 0.5) is 4.39 Å². The average Bonchev–Trinajstić information content (AvgIpc) is 2.36. The second-order valence-electron chi connectivity index (χ2n) is 4.99. The molecule has 5 heteroatoms. The van der Waals surface area contributed by atoms with Crippen molar-refractivity contribution >= 4 is 31.9 Å². The topological polar surface area (TPSA) is 21.3 Å². The third-order valence-corrected chi connectivity index (χ3v) is 3.74. The van der Waals surface area contributed by atoms with E-state index in [1.807, 2.05) is 18.2 Å². The molecule has 0 saturated heterocycles. The van der Waals surface area contributed by atoms with Gasteiger partial charge in [-0.05, 0) is 24.3 Å². The molecule has 2 aromatic carbocycles. The largest absolute Gasteiger partial charge is 0.457 e. The molecular weight excluding hydrogens is 401 g/mol. The number of rotatable bonds is 5. The summed E-state index contributed by atoms with van der Waals surface area (Å²) >= 11 is 6.70. The van der Waals surface area contributed by atoms with E-state index in [4.69, 9.17) is 4.74 Å². The van der Waals surface area contributed by atoms with Gasteiger partial charge in [0, 0.05) is 33.2 Å². The maximum absolute atomic E-state index is 13.4. The van der Waals surface area contributed by atoms with E-state index in [9.17, 15) is 4.39 Å². The van der Waals surface area contributed by atoms with Crippen molar-refractivity contribution in [1.29, 1.82) is 0 Å². The highest BCUT2D eigenvalue weighted by atomic mass is 79.9. The molecule has 0 spiro atoms. The van der Waals surface area contributed by atoms with E-state index >= 15 is 0 Å². The Morgan fingerprint density at radius 2 is 1.86 bits per heavy atom. The first-order valence-corrected chi connectivity index (χ1v) is 8.18. The van der Waals surface area contributed by atoms with Crippen LogP contribution in [-0.4, -0.2) is 6.04 Å². The zero-order valence-corrected chi connectivity index (χ0v) is 15.0. The Morgan fingerprint density at radius 1 is 1.10 bits per heavy atom. The summed E-state index contributed by atoms with van der Waals surface area (Å²) in [7, 11) is 0. The van der Waals surface area contributed by atoms with Crippen LogP contribution in [0.5, 0.6) is 11.5 Å². The summed E-state index contributed by atoms with van der Waals surface area (Å²) in [6.45, 7) is 4.86. The molecule has 0 unspecified atom stereocenters. The molecule has 0 radical (unpaired) electrons. The van der Waals surface area contributed by atoms with Crippen LogP contribution in [0.2, 0.25) is 0 Å². The van der Waals surface area contributed by atoms with E-state index in [0.717, 1.165) is 10.0 Å². The lowest BCUT2D eigenvalue weighted by atomic mass is 10.2. The van der Waals surface area contributed by atoms with E-state index in [0.29, 0.717) is 28.6 Å². The van der Waals surface area contributed by atoms with E-state index in [1.54, 1.807) is 6.07 Å². The summed E-state index contributed by atoms with van der Waals surface area (Å²) in [4.78, 5) is 0. The van der Waals surface area contributed by atoms with Gasteiger partial charge in [-0.25, -0.2) is 4.39 Å². The van der Waals surface area contributed by atoms with Crippen LogP contribution in [0.25, 0.3) is 0 Å². The smallest absolute Gasteiger partial charge is 0.133 e. The summed E-state index contributed by atoms with van der Waals surface area (Å²) in [6, 6.07) is 10.7. The Balaban J connectivity index is 2.26. The number of benzene rings is 2. The van der Waals surface area contributed by atoms with Crippen molar-refractivity contribution in [2.75, 3.05) is 0 Å². The van der Waals surface area contributed by atoms with Gasteiger partial charge in [0.1, 0.15) is 17.3 Å². The molecule has 0 aliphatic carbocycles. The molecule has 2 nitrogen and oxygen atoms in total. The SMILES string of the molecule is CC(C)NCc1ccc(Br)cc1Oc1cc(F)cc(Br)c1. The van der Waals surface area contributed by atoms with Crippen molar-refractivity contribution in [2.24, 2.45) is 0 Å².